The summed E-state index contributed by atoms with van der Waals surface area (Å²) in [7, 11) is 0. The number of nitrogens with zero attached hydrogens (tertiary/aromatic N) is 1. The number of unbranched alkanes of at least 4 members (excludes halogenated alkanes) is 1. The molecule has 0 spiro atoms. The zero-order valence-corrected chi connectivity index (χ0v) is 11.4. The van der Waals surface area contributed by atoms with Gasteiger partial charge in [0, 0.05) is 11.6 Å². The van der Waals surface area contributed by atoms with Crippen molar-refractivity contribution in [1.29, 1.82) is 0 Å². The van der Waals surface area contributed by atoms with Crippen LogP contribution in [0.25, 0.3) is 6.08 Å². The monoisotopic (exact) mass is 278 g/mol. The van der Waals surface area contributed by atoms with Crippen LogP contribution in [0.1, 0.15) is 25.3 Å². The Bertz CT molecular complexity index is 540. The summed E-state index contributed by atoms with van der Waals surface area (Å²) in [4.78, 5) is 25.0. The second-order valence-corrected chi connectivity index (χ2v) is 4.72. The first-order valence-electron chi connectivity index (χ1n) is 6.22. The molecule has 2 rings (SSSR count). The van der Waals surface area contributed by atoms with Crippen molar-refractivity contribution in [3.05, 3.63) is 40.5 Å². The molecule has 0 aromatic heterocycles. The van der Waals surface area contributed by atoms with Crippen molar-refractivity contribution in [2.75, 3.05) is 6.54 Å². The molecule has 0 radical (unpaired) electrons. The van der Waals surface area contributed by atoms with Crippen LogP contribution >= 0.6 is 11.6 Å². The van der Waals surface area contributed by atoms with Crippen molar-refractivity contribution in [3.63, 3.8) is 0 Å². The zero-order chi connectivity index (χ0) is 13.8. The minimum atomic E-state index is -0.374. The maximum Gasteiger partial charge on any atom is 0.329 e. The fraction of sp³-hybridized carbons (Fsp3) is 0.286. The van der Waals surface area contributed by atoms with E-state index in [2.05, 4.69) is 5.32 Å². The number of nitrogens with one attached hydrogen (secondary N) is 1. The SMILES string of the molecule is CCCCN1C(=O)NC(=O)C1=Cc1ccccc1Cl. The number of benzene rings is 1. The second-order valence-electron chi connectivity index (χ2n) is 4.32. The van der Waals surface area contributed by atoms with Crippen LogP contribution < -0.4 is 5.32 Å². The molecule has 1 aliphatic heterocycles. The molecule has 1 aromatic carbocycles. The number of urea groups is 1. The molecule has 0 unspecified atom stereocenters. The summed E-state index contributed by atoms with van der Waals surface area (Å²) in [5, 5.41) is 2.86. The number of carbonyl (C=O) groups excluding carboxylic acids is 2. The Labute approximate surface area is 117 Å². The van der Waals surface area contributed by atoms with Gasteiger partial charge in [0.05, 0.1) is 0 Å². The minimum Gasteiger partial charge on any atom is -0.289 e. The molecule has 1 heterocycles. The number of carbonyl (C=O) groups is 2. The summed E-state index contributed by atoms with van der Waals surface area (Å²) in [6.07, 6.45) is 3.45. The molecule has 0 atom stereocenters. The summed E-state index contributed by atoms with van der Waals surface area (Å²) >= 11 is 6.06. The molecule has 1 aromatic rings. The third-order valence-corrected chi connectivity index (χ3v) is 3.27. The molecule has 5 heteroatoms. The van der Waals surface area contributed by atoms with E-state index in [1.165, 1.54) is 4.90 Å². The number of imide groups is 1. The van der Waals surface area contributed by atoms with Gasteiger partial charge >= 0.3 is 6.03 Å². The molecular formula is C14H15ClN2O2. The van der Waals surface area contributed by atoms with Crippen molar-refractivity contribution in [3.8, 4) is 0 Å². The number of halogens is 1. The van der Waals surface area contributed by atoms with E-state index < -0.39 is 0 Å². The molecule has 0 bridgehead atoms. The Hall–Kier alpha value is -1.81. The molecule has 0 aliphatic carbocycles. The van der Waals surface area contributed by atoms with Crippen molar-refractivity contribution in [2.24, 2.45) is 0 Å². The molecule has 100 valence electrons. The lowest BCUT2D eigenvalue weighted by Crippen LogP contribution is -2.28. The average molecular weight is 279 g/mol. The predicted octanol–water partition coefficient (Wildman–Crippen LogP) is 3.03. The first-order valence-corrected chi connectivity index (χ1v) is 6.60. The summed E-state index contributed by atoms with van der Waals surface area (Å²) in [5.74, 6) is -0.374. The minimum absolute atomic E-state index is 0.353. The smallest absolute Gasteiger partial charge is 0.289 e. The van der Waals surface area contributed by atoms with Crippen LogP contribution in [0.15, 0.2) is 30.0 Å². The molecule has 1 aliphatic rings. The highest BCUT2D eigenvalue weighted by atomic mass is 35.5. The van der Waals surface area contributed by atoms with Gasteiger partial charge < -0.3 is 0 Å². The van der Waals surface area contributed by atoms with Crippen LogP contribution in [-0.2, 0) is 4.79 Å². The van der Waals surface area contributed by atoms with Crippen LogP contribution in [0.5, 0.6) is 0 Å². The summed E-state index contributed by atoms with van der Waals surface area (Å²) in [6, 6.07) is 6.85. The number of hydrogen-bond donors (Lipinski definition) is 1. The number of rotatable bonds is 4. The summed E-state index contributed by atoms with van der Waals surface area (Å²) < 4.78 is 0. The Kier molecular flexibility index (Phi) is 4.22. The van der Waals surface area contributed by atoms with Crippen LogP contribution in [0.2, 0.25) is 5.02 Å². The quantitative estimate of drug-likeness (QED) is 0.680. The first-order chi connectivity index (χ1) is 9.13. The van der Waals surface area contributed by atoms with Crippen LogP contribution in [0.4, 0.5) is 4.79 Å². The van der Waals surface area contributed by atoms with Gasteiger partial charge in [-0.2, -0.15) is 0 Å². The number of amides is 3. The van der Waals surface area contributed by atoms with Crippen molar-refractivity contribution >= 4 is 29.6 Å². The maximum absolute atomic E-state index is 11.8. The van der Waals surface area contributed by atoms with E-state index in [-0.39, 0.29) is 11.9 Å². The lowest BCUT2D eigenvalue weighted by Gasteiger charge is -2.14. The topological polar surface area (TPSA) is 49.4 Å². The van der Waals surface area contributed by atoms with Crippen LogP contribution in [0.3, 0.4) is 0 Å². The van der Waals surface area contributed by atoms with E-state index >= 15 is 0 Å². The standard InChI is InChI=1S/C14H15ClN2O2/c1-2-3-8-17-12(13(18)16-14(17)19)9-10-6-4-5-7-11(10)15/h4-7,9H,2-3,8H2,1H3,(H,16,18,19). The molecule has 1 N–H and O–H groups in total. The lowest BCUT2D eigenvalue weighted by molar-refractivity contribution is -0.116. The van der Waals surface area contributed by atoms with E-state index in [1.807, 2.05) is 25.1 Å². The fourth-order valence-electron chi connectivity index (χ4n) is 1.88. The van der Waals surface area contributed by atoms with E-state index in [9.17, 15) is 9.59 Å². The van der Waals surface area contributed by atoms with E-state index in [4.69, 9.17) is 11.6 Å². The maximum atomic E-state index is 11.8. The van der Waals surface area contributed by atoms with Gasteiger partial charge in [0.15, 0.2) is 0 Å². The van der Waals surface area contributed by atoms with Crippen molar-refractivity contribution < 1.29 is 9.59 Å². The van der Waals surface area contributed by atoms with Gasteiger partial charge in [-0.15, -0.1) is 0 Å². The predicted molar refractivity (Wildman–Crippen MR) is 74.6 cm³/mol. The largest absolute Gasteiger partial charge is 0.329 e. The van der Waals surface area contributed by atoms with E-state index in [0.29, 0.717) is 17.3 Å². The molecule has 4 nitrogen and oxygen atoms in total. The number of hydrogen-bond acceptors (Lipinski definition) is 2. The fourth-order valence-corrected chi connectivity index (χ4v) is 2.07. The zero-order valence-electron chi connectivity index (χ0n) is 10.6. The molecule has 19 heavy (non-hydrogen) atoms. The highest BCUT2D eigenvalue weighted by molar-refractivity contribution is 6.32. The molecule has 1 saturated heterocycles. The van der Waals surface area contributed by atoms with Crippen molar-refractivity contribution in [1.82, 2.24) is 10.2 Å². The second kappa shape index (κ2) is 5.89. The molecular weight excluding hydrogens is 264 g/mol. The Morgan fingerprint density at radius 1 is 1.32 bits per heavy atom. The normalized spacial score (nSPS) is 17.2. The highest BCUT2D eigenvalue weighted by Crippen LogP contribution is 2.22. The summed E-state index contributed by atoms with van der Waals surface area (Å²) in [6.45, 7) is 2.57. The van der Waals surface area contributed by atoms with Gasteiger partial charge in [-0.3, -0.25) is 15.0 Å². The van der Waals surface area contributed by atoms with Gasteiger partial charge in [-0.25, -0.2) is 4.79 Å². The average Bonchev–Trinajstić information content (AvgIpc) is 2.65. The van der Waals surface area contributed by atoms with E-state index in [1.54, 1.807) is 12.1 Å². The van der Waals surface area contributed by atoms with Gasteiger partial charge in [0.1, 0.15) is 5.70 Å². The van der Waals surface area contributed by atoms with Gasteiger partial charge in [-0.1, -0.05) is 43.1 Å². The van der Waals surface area contributed by atoms with Gasteiger partial charge in [0.2, 0.25) is 0 Å². The lowest BCUT2D eigenvalue weighted by atomic mass is 10.2. The van der Waals surface area contributed by atoms with Crippen LogP contribution in [-0.4, -0.2) is 23.4 Å². The molecule has 1 fully saturated rings. The Balaban J connectivity index is 2.32. The van der Waals surface area contributed by atoms with E-state index in [0.717, 1.165) is 18.4 Å². The Morgan fingerprint density at radius 3 is 2.74 bits per heavy atom. The van der Waals surface area contributed by atoms with Gasteiger partial charge in [-0.05, 0) is 24.1 Å². The molecule has 0 saturated carbocycles. The van der Waals surface area contributed by atoms with Crippen LogP contribution in [0, 0.1) is 0 Å². The highest BCUT2D eigenvalue weighted by Gasteiger charge is 2.32. The Morgan fingerprint density at radius 2 is 2.05 bits per heavy atom. The summed E-state index contributed by atoms with van der Waals surface area (Å²) in [5.41, 5.74) is 1.08. The van der Waals surface area contributed by atoms with Gasteiger partial charge in [0.25, 0.3) is 5.91 Å². The van der Waals surface area contributed by atoms with Crippen molar-refractivity contribution in [2.45, 2.75) is 19.8 Å². The third-order valence-electron chi connectivity index (χ3n) is 2.92. The first kappa shape index (κ1) is 13.6. The molecule has 3 amide bonds. The third kappa shape index (κ3) is 2.96.